The molecule has 0 saturated carbocycles. The van der Waals surface area contributed by atoms with Crippen molar-refractivity contribution >= 4 is 45.0 Å². The zero-order chi connectivity index (χ0) is 22.8. The Bertz CT molecular complexity index is 1130. The van der Waals surface area contributed by atoms with Gasteiger partial charge in [-0.15, -0.1) is 11.3 Å². The molecule has 5 rings (SSSR count). The molecule has 0 spiro atoms. The number of piperidine rings is 1. The molecule has 0 unspecified atom stereocenters. The second-order valence-corrected chi connectivity index (χ2v) is 10.2. The number of nitrogens with zero attached hydrogens (tertiary/aromatic N) is 2. The number of carbonyl (C=O) groups is 2. The highest BCUT2D eigenvalue weighted by Crippen LogP contribution is 2.28. The molecule has 2 saturated heterocycles. The molecule has 2 fully saturated rings. The number of rotatable bonds is 6. The van der Waals surface area contributed by atoms with Crippen LogP contribution in [0.1, 0.15) is 41.7 Å². The maximum absolute atomic E-state index is 13.5. The molecule has 3 aromatic rings. The van der Waals surface area contributed by atoms with E-state index in [0.29, 0.717) is 49.7 Å². The van der Waals surface area contributed by atoms with E-state index in [2.05, 4.69) is 21.3 Å². The minimum atomic E-state index is -0.0419. The van der Waals surface area contributed by atoms with Gasteiger partial charge in [-0.3, -0.25) is 9.59 Å². The van der Waals surface area contributed by atoms with Crippen LogP contribution in [0, 0.1) is 5.92 Å². The molecule has 1 N–H and O–H groups in total. The molecule has 2 aliphatic heterocycles. The summed E-state index contributed by atoms with van der Waals surface area (Å²) >= 11 is 7.68. The normalized spacial score (nSPS) is 19.3. The first-order valence-corrected chi connectivity index (χ1v) is 12.8. The minimum Gasteiger partial charge on any atom is -0.376 e. The predicted molar refractivity (Wildman–Crippen MR) is 131 cm³/mol. The van der Waals surface area contributed by atoms with Crippen molar-refractivity contribution in [1.82, 2.24) is 14.8 Å². The maximum Gasteiger partial charge on any atom is 0.270 e. The summed E-state index contributed by atoms with van der Waals surface area (Å²) in [5.41, 5.74) is 2.87. The molecule has 2 aromatic heterocycles. The third-order valence-corrected chi connectivity index (χ3v) is 7.78. The summed E-state index contributed by atoms with van der Waals surface area (Å²) in [5.74, 6) is 0.0783. The van der Waals surface area contributed by atoms with E-state index >= 15 is 0 Å². The summed E-state index contributed by atoms with van der Waals surface area (Å²) in [6, 6.07) is 11.8. The van der Waals surface area contributed by atoms with Gasteiger partial charge in [0.05, 0.1) is 16.3 Å². The van der Waals surface area contributed by atoms with E-state index in [-0.39, 0.29) is 23.8 Å². The third kappa shape index (κ3) is 4.95. The summed E-state index contributed by atoms with van der Waals surface area (Å²) in [4.78, 5) is 28.0. The van der Waals surface area contributed by atoms with Gasteiger partial charge >= 0.3 is 0 Å². The molecule has 4 heterocycles. The van der Waals surface area contributed by atoms with Crippen LogP contribution in [0.4, 0.5) is 0 Å². The Morgan fingerprint density at radius 1 is 1.12 bits per heavy atom. The smallest absolute Gasteiger partial charge is 0.270 e. The number of carbonyl (C=O) groups excluding carboxylic acids is 2. The van der Waals surface area contributed by atoms with E-state index in [1.54, 1.807) is 11.3 Å². The van der Waals surface area contributed by atoms with Gasteiger partial charge in [0.15, 0.2) is 0 Å². The van der Waals surface area contributed by atoms with Crippen LogP contribution in [0.3, 0.4) is 0 Å². The largest absolute Gasteiger partial charge is 0.376 e. The molecule has 8 heteroatoms. The number of benzene rings is 1. The van der Waals surface area contributed by atoms with E-state index < -0.39 is 0 Å². The first-order chi connectivity index (χ1) is 16.1. The highest BCUT2D eigenvalue weighted by molar-refractivity contribution is 7.17. The minimum absolute atomic E-state index is 0.0329. The highest BCUT2D eigenvalue weighted by Gasteiger charge is 2.30. The molecular weight excluding hydrogens is 458 g/mol. The lowest BCUT2D eigenvalue weighted by Crippen LogP contribution is -2.44. The Morgan fingerprint density at radius 3 is 2.64 bits per heavy atom. The standard InChI is InChI=1S/C25H28ClN3O3S/c26-19-5-3-17(4-6-19)16-29-21-9-13-33-23(21)14-22(29)25(31)28-10-7-18(8-11-28)24(30)27-15-20-2-1-12-32-20/h3-6,9,13-14,18,20H,1-2,7-8,10-12,15-16H2,(H,27,30)/t20-/m1/s1. The number of nitrogens with one attached hydrogen (secondary N) is 1. The lowest BCUT2D eigenvalue weighted by Gasteiger charge is -2.31. The average Bonchev–Trinajstić information content (AvgIpc) is 3.58. The number of fused-ring (bicyclic) bond motifs is 1. The number of halogens is 1. The van der Waals surface area contributed by atoms with Gasteiger partial charge in [0.1, 0.15) is 5.69 Å². The third-order valence-electron chi connectivity index (χ3n) is 6.68. The molecular formula is C25H28ClN3O3S. The Labute approximate surface area is 202 Å². The Morgan fingerprint density at radius 2 is 1.91 bits per heavy atom. The summed E-state index contributed by atoms with van der Waals surface area (Å²) in [6.45, 7) is 3.18. The van der Waals surface area contributed by atoms with Crippen LogP contribution in [-0.4, -0.2) is 53.6 Å². The maximum atomic E-state index is 13.5. The van der Waals surface area contributed by atoms with E-state index in [9.17, 15) is 9.59 Å². The van der Waals surface area contributed by atoms with E-state index in [1.165, 1.54) is 0 Å². The van der Waals surface area contributed by atoms with Gasteiger partial charge in [-0.2, -0.15) is 0 Å². The summed E-state index contributed by atoms with van der Waals surface area (Å²) in [6.07, 6.45) is 3.61. The van der Waals surface area contributed by atoms with Gasteiger partial charge in [0.2, 0.25) is 5.91 Å². The zero-order valence-electron chi connectivity index (χ0n) is 18.5. The number of aromatic nitrogens is 1. The molecule has 1 atom stereocenters. The summed E-state index contributed by atoms with van der Waals surface area (Å²) < 4.78 is 8.79. The van der Waals surface area contributed by atoms with Crippen molar-refractivity contribution in [3.8, 4) is 0 Å². The van der Waals surface area contributed by atoms with Crippen LogP contribution in [0.5, 0.6) is 0 Å². The molecule has 2 amide bonds. The van der Waals surface area contributed by atoms with E-state index in [0.717, 1.165) is 35.2 Å². The Kier molecular flexibility index (Phi) is 6.71. The summed E-state index contributed by atoms with van der Waals surface area (Å²) in [7, 11) is 0. The fourth-order valence-corrected chi connectivity index (χ4v) is 5.72. The van der Waals surface area contributed by atoms with Crippen molar-refractivity contribution in [3.05, 3.63) is 58.1 Å². The van der Waals surface area contributed by atoms with Crippen LogP contribution >= 0.6 is 22.9 Å². The Balaban J connectivity index is 1.24. The molecule has 2 aliphatic rings. The van der Waals surface area contributed by atoms with Gasteiger partial charge in [-0.05, 0) is 60.9 Å². The van der Waals surface area contributed by atoms with E-state index in [4.69, 9.17) is 16.3 Å². The molecule has 33 heavy (non-hydrogen) atoms. The first-order valence-electron chi connectivity index (χ1n) is 11.6. The number of likely N-dealkylation sites (tertiary alicyclic amines) is 1. The van der Waals surface area contributed by atoms with Crippen LogP contribution in [-0.2, 0) is 16.1 Å². The predicted octanol–water partition coefficient (Wildman–Crippen LogP) is 4.55. The van der Waals surface area contributed by atoms with Crippen molar-refractivity contribution in [3.63, 3.8) is 0 Å². The van der Waals surface area contributed by atoms with Crippen molar-refractivity contribution in [2.75, 3.05) is 26.2 Å². The van der Waals surface area contributed by atoms with Crippen molar-refractivity contribution < 1.29 is 14.3 Å². The van der Waals surface area contributed by atoms with Gasteiger partial charge in [0, 0.05) is 43.7 Å². The molecule has 1 aromatic carbocycles. The SMILES string of the molecule is O=C(NC[C@H]1CCCO1)C1CCN(C(=O)c2cc3sccc3n2Cc2ccc(Cl)cc2)CC1. The van der Waals surface area contributed by atoms with Crippen molar-refractivity contribution in [2.24, 2.45) is 5.92 Å². The fourth-order valence-electron chi connectivity index (χ4n) is 4.77. The number of hydrogen-bond acceptors (Lipinski definition) is 4. The van der Waals surface area contributed by atoms with Gasteiger partial charge in [-0.25, -0.2) is 0 Å². The lowest BCUT2D eigenvalue weighted by atomic mass is 9.95. The topological polar surface area (TPSA) is 63.6 Å². The number of amides is 2. The number of thiophene rings is 1. The molecule has 6 nitrogen and oxygen atoms in total. The highest BCUT2D eigenvalue weighted by atomic mass is 35.5. The summed E-state index contributed by atoms with van der Waals surface area (Å²) in [5, 5.41) is 5.80. The Hall–Kier alpha value is -2.35. The zero-order valence-corrected chi connectivity index (χ0v) is 20.0. The number of hydrogen-bond donors (Lipinski definition) is 1. The van der Waals surface area contributed by atoms with Gasteiger partial charge in [-0.1, -0.05) is 23.7 Å². The van der Waals surface area contributed by atoms with Gasteiger partial charge < -0.3 is 19.5 Å². The van der Waals surface area contributed by atoms with Crippen LogP contribution in [0.2, 0.25) is 5.02 Å². The molecule has 0 bridgehead atoms. The van der Waals surface area contributed by atoms with E-state index in [1.807, 2.05) is 35.2 Å². The lowest BCUT2D eigenvalue weighted by molar-refractivity contribution is -0.126. The second kappa shape index (κ2) is 9.87. The van der Waals surface area contributed by atoms with Crippen molar-refractivity contribution in [1.29, 1.82) is 0 Å². The second-order valence-electron chi connectivity index (χ2n) is 8.86. The van der Waals surface area contributed by atoms with Crippen LogP contribution < -0.4 is 5.32 Å². The molecule has 174 valence electrons. The molecule has 0 radical (unpaired) electrons. The number of ether oxygens (including phenoxy) is 1. The fraction of sp³-hybridized carbons (Fsp3) is 0.440. The van der Waals surface area contributed by atoms with Crippen molar-refractivity contribution in [2.45, 2.75) is 38.3 Å². The van der Waals surface area contributed by atoms with Crippen LogP contribution in [0.15, 0.2) is 41.8 Å². The molecule has 0 aliphatic carbocycles. The quantitative estimate of drug-likeness (QED) is 0.557. The van der Waals surface area contributed by atoms with Crippen LogP contribution in [0.25, 0.3) is 10.2 Å². The monoisotopic (exact) mass is 485 g/mol. The van der Waals surface area contributed by atoms with Gasteiger partial charge in [0.25, 0.3) is 5.91 Å². The average molecular weight is 486 g/mol. The first kappa shape index (κ1) is 22.4.